The molecule has 0 fully saturated rings. The molecule has 0 bridgehead atoms. The van der Waals surface area contributed by atoms with Crippen molar-refractivity contribution in [2.75, 3.05) is 6.54 Å². The fourth-order valence-corrected chi connectivity index (χ4v) is 8.93. The summed E-state index contributed by atoms with van der Waals surface area (Å²) >= 11 is 0. The quantitative estimate of drug-likeness (QED) is 0.0446. The number of hydrogen-bond donors (Lipinski definition) is 8. The number of benzene rings is 3. The molecule has 66 heavy (non-hydrogen) atoms. The number of hydrogen-bond acceptors (Lipinski definition) is 8. The number of primary amides is 1. The van der Waals surface area contributed by atoms with E-state index in [-0.39, 0.29) is 31.1 Å². The van der Waals surface area contributed by atoms with Gasteiger partial charge in [-0.05, 0) is 79.5 Å². The highest BCUT2D eigenvalue weighted by atomic mass is 16.2. The van der Waals surface area contributed by atoms with Crippen molar-refractivity contribution in [3.8, 4) is 0 Å². The SMILES string of the molecule is CCCC(CCC)(NC(=O)[C@H](Cc1ccccc1)NC(=O)C(NC(=O)[C@@H](NC(=O)C(CC(C)C)(CC(C)C)NC(=O)[C@@H](N)CCCCN)C(C)C)(c1ccccc1)c1ccccc1)C(N)=O. The van der Waals surface area contributed by atoms with Crippen LogP contribution in [0.1, 0.15) is 130 Å². The Hall–Kier alpha value is -5.60. The maximum atomic E-state index is 15.6. The van der Waals surface area contributed by atoms with Gasteiger partial charge < -0.3 is 43.8 Å². The lowest BCUT2D eigenvalue weighted by atomic mass is 9.79. The van der Waals surface area contributed by atoms with Crippen molar-refractivity contribution in [3.05, 3.63) is 108 Å². The summed E-state index contributed by atoms with van der Waals surface area (Å²) < 4.78 is 0. The van der Waals surface area contributed by atoms with E-state index in [4.69, 9.17) is 17.2 Å². The molecule has 6 amide bonds. The normalized spacial score (nSPS) is 13.4. The maximum absolute atomic E-state index is 15.6. The number of nitrogens with one attached hydrogen (secondary N) is 5. The molecular weight excluding hydrogens is 833 g/mol. The molecule has 0 aliphatic carbocycles. The molecule has 0 saturated heterocycles. The minimum atomic E-state index is -1.97. The number of carbonyl (C=O) groups excluding carboxylic acids is 6. The van der Waals surface area contributed by atoms with Crippen LogP contribution in [0.15, 0.2) is 91.0 Å². The van der Waals surface area contributed by atoms with Gasteiger partial charge >= 0.3 is 0 Å². The lowest BCUT2D eigenvalue weighted by Crippen LogP contribution is -2.67. The van der Waals surface area contributed by atoms with Crippen molar-refractivity contribution in [2.24, 2.45) is 35.0 Å². The molecule has 3 aromatic carbocycles. The van der Waals surface area contributed by atoms with Crippen molar-refractivity contribution in [3.63, 3.8) is 0 Å². The molecule has 3 rings (SSSR count). The summed E-state index contributed by atoms with van der Waals surface area (Å²) in [6.45, 7) is 15.7. The van der Waals surface area contributed by atoms with E-state index in [9.17, 15) is 19.2 Å². The number of nitrogens with two attached hydrogens (primary N) is 3. The van der Waals surface area contributed by atoms with Crippen LogP contribution in [0.5, 0.6) is 0 Å². The van der Waals surface area contributed by atoms with Gasteiger partial charge in [0.05, 0.1) is 6.04 Å². The molecule has 0 saturated carbocycles. The molecule has 11 N–H and O–H groups in total. The van der Waals surface area contributed by atoms with Gasteiger partial charge in [0.15, 0.2) is 5.54 Å². The van der Waals surface area contributed by atoms with Gasteiger partial charge in [-0.15, -0.1) is 0 Å². The average Bonchev–Trinajstić information content (AvgIpc) is 3.27. The molecule has 0 heterocycles. The van der Waals surface area contributed by atoms with Crippen LogP contribution in [0, 0.1) is 17.8 Å². The Labute approximate surface area is 393 Å². The third kappa shape index (κ3) is 14.7. The van der Waals surface area contributed by atoms with E-state index in [2.05, 4.69) is 26.6 Å². The lowest BCUT2D eigenvalue weighted by Gasteiger charge is -2.40. The number of carbonyl (C=O) groups is 6. The van der Waals surface area contributed by atoms with E-state index >= 15 is 9.59 Å². The highest BCUT2D eigenvalue weighted by molar-refractivity contribution is 6.01. The Bertz CT molecular complexity index is 1950. The van der Waals surface area contributed by atoms with Gasteiger partial charge in [0.25, 0.3) is 5.91 Å². The second-order valence-corrected chi connectivity index (χ2v) is 19.0. The molecule has 14 heteroatoms. The van der Waals surface area contributed by atoms with Gasteiger partial charge in [-0.1, -0.05) is 166 Å². The topological polar surface area (TPSA) is 241 Å². The molecule has 0 aliphatic heterocycles. The van der Waals surface area contributed by atoms with Crippen LogP contribution in [0.3, 0.4) is 0 Å². The van der Waals surface area contributed by atoms with Crippen molar-refractivity contribution < 1.29 is 28.8 Å². The van der Waals surface area contributed by atoms with Gasteiger partial charge in [-0.25, -0.2) is 0 Å². The van der Waals surface area contributed by atoms with Crippen LogP contribution in [0.25, 0.3) is 0 Å². The molecule has 14 nitrogen and oxygen atoms in total. The maximum Gasteiger partial charge on any atom is 0.255 e. The first kappa shape index (κ1) is 54.7. The van der Waals surface area contributed by atoms with Gasteiger partial charge in [0, 0.05) is 6.42 Å². The Morgan fingerprint density at radius 3 is 1.52 bits per heavy atom. The predicted octanol–water partition coefficient (Wildman–Crippen LogP) is 5.26. The second-order valence-electron chi connectivity index (χ2n) is 19.0. The Morgan fingerprint density at radius 2 is 1.08 bits per heavy atom. The standard InChI is InChI=1S/C52H78N8O6/c1-9-29-50(30-10-2,47(55)64)59-45(62)42(32-38-22-14-11-15-23-38)56-49(66)52(39-24-16-12-17-25-39,40-26-18-13-19-27-40)60-46(63)43(37(7)8)57-48(65)51(33-35(3)4,34-36(5)6)58-44(61)41(54)28-20-21-31-53/h11-19,22-27,35-37,41-43H,9-10,20-21,28-34,53-54H2,1-8H3,(H2,55,64)(H,56,66)(H,57,65)(H,58,61)(H,59,62)(H,60,63)/t41-,42-,43-/m0/s1. The number of rotatable bonds is 28. The molecule has 3 atom stereocenters. The minimum absolute atomic E-state index is 0.0415. The van der Waals surface area contributed by atoms with Gasteiger partial charge in [-0.2, -0.15) is 0 Å². The molecule has 362 valence electrons. The number of unbranched alkanes of at least 4 members (excludes halogenated alkanes) is 1. The zero-order valence-corrected chi connectivity index (χ0v) is 40.6. The van der Waals surface area contributed by atoms with Crippen LogP contribution in [-0.4, -0.2) is 71.2 Å². The van der Waals surface area contributed by atoms with Crippen molar-refractivity contribution in [1.82, 2.24) is 26.6 Å². The van der Waals surface area contributed by atoms with E-state index in [1.54, 1.807) is 74.5 Å². The lowest BCUT2D eigenvalue weighted by molar-refractivity contribution is -0.140. The van der Waals surface area contributed by atoms with Crippen molar-refractivity contribution >= 4 is 35.4 Å². The summed E-state index contributed by atoms with van der Waals surface area (Å²) in [6.07, 6.45) is 4.04. The molecular formula is C52H78N8O6. The molecule has 0 unspecified atom stereocenters. The largest absolute Gasteiger partial charge is 0.368 e. The van der Waals surface area contributed by atoms with Gasteiger partial charge in [-0.3, -0.25) is 28.8 Å². The molecule has 3 aromatic rings. The smallest absolute Gasteiger partial charge is 0.255 e. The minimum Gasteiger partial charge on any atom is -0.368 e. The fourth-order valence-electron chi connectivity index (χ4n) is 8.93. The third-order valence-electron chi connectivity index (χ3n) is 12.0. The summed E-state index contributed by atoms with van der Waals surface area (Å²) in [6, 6.07) is 23.2. The van der Waals surface area contributed by atoms with E-state index < -0.39 is 76.1 Å². The first-order valence-corrected chi connectivity index (χ1v) is 23.8. The summed E-state index contributed by atoms with van der Waals surface area (Å²) in [4.78, 5) is 87.2. The van der Waals surface area contributed by atoms with Crippen LogP contribution >= 0.6 is 0 Å². The zero-order chi connectivity index (χ0) is 49.1. The summed E-state index contributed by atoms with van der Waals surface area (Å²) in [5, 5.41) is 15.1. The fraction of sp³-hybridized carbons (Fsp3) is 0.538. The Balaban J connectivity index is 2.22. The third-order valence-corrected chi connectivity index (χ3v) is 12.0. The highest BCUT2D eigenvalue weighted by Gasteiger charge is 2.49. The second kappa shape index (κ2) is 25.9. The van der Waals surface area contributed by atoms with E-state index in [1.165, 1.54) is 0 Å². The Kier molecular flexibility index (Phi) is 21.5. The summed E-state index contributed by atoms with van der Waals surface area (Å²) in [5.41, 5.74) is 14.8. The average molecular weight is 911 g/mol. The van der Waals surface area contributed by atoms with Gasteiger partial charge in [0.2, 0.25) is 29.5 Å². The summed E-state index contributed by atoms with van der Waals surface area (Å²) in [5.74, 6) is -4.32. The monoisotopic (exact) mass is 911 g/mol. The molecule has 0 aromatic heterocycles. The highest BCUT2D eigenvalue weighted by Crippen LogP contribution is 2.32. The van der Waals surface area contributed by atoms with Crippen molar-refractivity contribution in [2.45, 2.75) is 154 Å². The first-order valence-electron chi connectivity index (χ1n) is 23.8. The molecule has 0 radical (unpaired) electrons. The van der Waals surface area contributed by atoms with E-state index in [0.717, 1.165) is 5.56 Å². The Morgan fingerprint density at radius 1 is 0.591 bits per heavy atom. The zero-order valence-electron chi connectivity index (χ0n) is 40.6. The van der Waals surface area contributed by atoms with Crippen LogP contribution in [0.4, 0.5) is 0 Å². The number of amides is 6. The van der Waals surface area contributed by atoms with Crippen LogP contribution in [0.2, 0.25) is 0 Å². The first-order chi connectivity index (χ1) is 31.3. The molecule has 0 spiro atoms. The van der Waals surface area contributed by atoms with E-state index in [0.29, 0.717) is 62.6 Å². The van der Waals surface area contributed by atoms with Crippen LogP contribution < -0.4 is 43.8 Å². The van der Waals surface area contributed by atoms with E-state index in [1.807, 2.05) is 71.9 Å². The van der Waals surface area contributed by atoms with Gasteiger partial charge in [0.1, 0.15) is 23.2 Å². The summed E-state index contributed by atoms with van der Waals surface area (Å²) in [7, 11) is 0. The van der Waals surface area contributed by atoms with Crippen LogP contribution in [-0.2, 0) is 40.7 Å². The van der Waals surface area contributed by atoms with Crippen molar-refractivity contribution in [1.29, 1.82) is 0 Å². The molecule has 0 aliphatic rings. The predicted molar refractivity (Wildman–Crippen MR) is 261 cm³/mol.